The van der Waals surface area contributed by atoms with Crippen LogP contribution in [0.4, 0.5) is 5.69 Å². The minimum Gasteiger partial charge on any atom is -0.496 e. The van der Waals surface area contributed by atoms with E-state index < -0.39 is 11.7 Å². The van der Waals surface area contributed by atoms with Gasteiger partial charge in [0.2, 0.25) is 0 Å². The van der Waals surface area contributed by atoms with Gasteiger partial charge in [-0.05, 0) is 54.1 Å². The Hall–Kier alpha value is -4.79. The first-order valence-corrected chi connectivity index (χ1v) is 10.8. The Morgan fingerprint density at radius 3 is 2.49 bits per heavy atom. The van der Waals surface area contributed by atoms with Crippen LogP contribution in [-0.4, -0.2) is 34.8 Å². The number of aromatic nitrogens is 3. The molecule has 9 nitrogen and oxygen atoms in total. The van der Waals surface area contributed by atoms with E-state index in [0.717, 1.165) is 16.8 Å². The van der Waals surface area contributed by atoms with E-state index in [1.807, 2.05) is 42.5 Å². The fraction of sp³-hybridized carbons (Fsp3) is 0.115. The van der Waals surface area contributed by atoms with Crippen molar-refractivity contribution in [1.29, 1.82) is 5.41 Å². The van der Waals surface area contributed by atoms with Crippen LogP contribution in [0, 0.1) is 5.41 Å². The van der Waals surface area contributed by atoms with E-state index in [1.165, 1.54) is 4.68 Å². The van der Waals surface area contributed by atoms with Crippen molar-refractivity contribution in [3.8, 4) is 17.2 Å². The molecule has 0 amide bonds. The van der Waals surface area contributed by atoms with Gasteiger partial charge in [-0.15, -0.1) is 5.10 Å². The van der Waals surface area contributed by atoms with Crippen LogP contribution in [0.25, 0.3) is 11.8 Å². The normalized spacial score (nSPS) is 11.5. The second-order valence-corrected chi connectivity index (χ2v) is 7.67. The van der Waals surface area contributed by atoms with Crippen molar-refractivity contribution in [2.24, 2.45) is 5.73 Å². The molecule has 1 atom stereocenters. The average molecular weight is 471 g/mol. The molecule has 5 N–H and O–H groups in total. The number of anilines is 1. The Morgan fingerprint density at radius 2 is 1.83 bits per heavy atom. The molecule has 0 saturated heterocycles. The van der Waals surface area contributed by atoms with Crippen molar-refractivity contribution in [2.75, 3.05) is 19.5 Å². The monoisotopic (exact) mass is 470 g/mol. The van der Waals surface area contributed by atoms with Crippen molar-refractivity contribution in [3.05, 3.63) is 106 Å². The first kappa shape index (κ1) is 23.4. The second-order valence-electron chi connectivity index (χ2n) is 7.67. The van der Waals surface area contributed by atoms with E-state index >= 15 is 0 Å². The quantitative estimate of drug-likeness (QED) is 0.218. The van der Waals surface area contributed by atoms with Gasteiger partial charge in [0.05, 0.1) is 14.2 Å². The molecule has 35 heavy (non-hydrogen) atoms. The van der Waals surface area contributed by atoms with Crippen LogP contribution < -0.4 is 26.2 Å². The minimum atomic E-state index is -0.522. The summed E-state index contributed by atoms with van der Waals surface area (Å²) in [4.78, 5) is 15.8. The number of H-pyrrole nitrogens is 1. The lowest BCUT2D eigenvalue weighted by atomic mass is 10.0. The fourth-order valence-electron chi connectivity index (χ4n) is 3.75. The Labute approximate surface area is 202 Å². The molecule has 0 aliphatic carbocycles. The Morgan fingerprint density at radius 1 is 1.11 bits per heavy atom. The molecule has 0 saturated carbocycles. The molecule has 0 bridgehead atoms. The topological polar surface area (TPSA) is 131 Å². The number of hydrogen-bond acceptors (Lipinski definition) is 6. The first-order chi connectivity index (χ1) is 16.9. The van der Waals surface area contributed by atoms with Crippen molar-refractivity contribution in [1.82, 2.24) is 14.8 Å². The number of aromatic amines is 1. The summed E-state index contributed by atoms with van der Waals surface area (Å²) in [6, 6.07) is 19.4. The minimum absolute atomic E-state index is 0.0150. The molecule has 4 aromatic rings. The van der Waals surface area contributed by atoms with Gasteiger partial charge in [-0.25, -0.2) is 4.79 Å². The van der Waals surface area contributed by atoms with Crippen molar-refractivity contribution in [2.45, 2.75) is 6.04 Å². The van der Waals surface area contributed by atoms with Gasteiger partial charge in [-0.2, -0.15) is 4.68 Å². The van der Waals surface area contributed by atoms with Crippen LogP contribution in [0.3, 0.4) is 0 Å². The highest BCUT2D eigenvalue weighted by atomic mass is 16.5. The molecule has 0 aliphatic rings. The third-order valence-electron chi connectivity index (χ3n) is 5.54. The number of ether oxygens (including phenoxy) is 2. The molecule has 0 fully saturated rings. The summed E-state index contributed by atoms with van der Waals surface area (Å²) in [5.74, 6) is 1.59. The summed E-state index contributed by atoms with van der Waals surface area (Å²) in [5.41, 5.74) is 8.70. The Balaban J connectivity index is 1.81. The molecule has 0 radical (unpaired) electrons. The van der Waals surface area contributed by atoms with Crippen molar-refractivity contribution in [3.63, 3.8) is 0 Å². The zero-order chi connectivity index (χ0) is 24.9. The van der Waals surface area contributed by atoms with Crippen LogP contribution in [0.1, 0.15) is 28.6 Å². The third-order valence-corrected chi connectivity index (χ3v) is 5.54. The van der Waals surface area contributed by atoms with Gasteiger partial charge in [-0.1, -0.05) is 30.9 Å². The summed E-state index contributed by atoms with van der Waals surface area (Å²) in [6.07, 6.45) is 1.71. The van der Waals surface area contributed by atoms with Gasteiger partial charge >= 0.3 is 5.69 Å². The van der Waals surface area contributed by atoms with Gasteiger partial charge in [-0.3, -0.25) is 10.4 Å². The fourth-order valence-corrected chi connectivity index (χ4v) is 3.75. The van der Waals surface area contributed by atoms with E-state index in [9.17, 15) is 4.79 Å². The van der Waals surface area contributed by atoms with E-state index in [4.69, 9.17) is 20.6 Å². The number of nitrogen functional groups attached to an aromatic ring is 1. The zero-order valence-corrected chi connectivity index (χ0v) is 19.4. The SMILES string of the molecule is C=Cc1cc(C(Nc2ccc(C(=N)N)cc2)c2nn(-c3ccccc3OC)c(=O)[nH]2)ccc1OC. The molecule has 3 aromatic carbocycles. The summed E-state index contributed by atoms with van der Waals surface area (Å²) in [7, 11) is 3.14. The lowest BCUT2D eigenvalue weighted by molar-refractivity contribution is 0.411. The smallest absolute Gasteiger partial charge is 0.348 e. The van der Waals surface area contributed by atoms with Gasteiger partial charge in [0.1, 0.15) is 29.1 Å². The molecule has 9 heteroatoms. The van der Waals surface area contributed by atoms with Crippen molar-refractivity contribution >= 4 is 17.6 Å². The first-order valence-electron chi connectivity index (χ1n) is 10.8. The number of rotatable bonds is 9. The molecular weight excluding hydrogens is 444 g/mol. The molecule has 178 valence electrons. The molecule has 1 unspecified atom stereocenters. The molecule has 1 heterocycles. The predicted octanol–water partition coefficient (Wildman–Crippen LogP) is 3.71. The molecule has 1 aromatic heterocycles. The maximum atomic E-state index is 12.9. The summed E-state index contributed by atoms with van der Waals surface area (Å²) in [5, 5.41) is 15.6. The largest absolute Gasteiger partial charge is 0.496 e. The lowest BCUT2D eigenvalue weighted by Crippen LogP contribution is -2.16. The molecular formula is C26H26N6O3. The molecule has 0 aliphatic heterocycles. The maximum Gasteiger partial charge on any atom is 0.348 e. The van der Waals surface area contributed by atoms with Crippen LogP contribution in [-0.2, 0) is 0 Å². The van der Waals surface area contributed by atoms with Crippen LogP contribution >= 0.6 is 0 Å². The number of nitrogens with zero attached hydrogens (tertiary/aromatic N) is 2. The average Bonchev–Trinajstić information content (AvgIpc) is 3.27. The van der Waals surface area contributed by atoms with E-state index in [0.29, 0.717) is 28.6 Å². The predicted molar refractivity (Wildman–Crippen MR) is 137 cm³/mol. The Bertz CT molecular complexity index is 1420. The molecule has 0 spiro atoms. The summed E-state index contributed by atoms with van der Waals surface area (Å²) < 4.78 is 12.1. The summed E-state index contributed by atoms with van der Waals surface area (Å²) >= 11 is 0. The highest BCUT2D eigenvalue weighted by Gasteiger charge is 2.22. The van der Waals surface area contributed by atoms with Crippen LogP contribution in [0.15, 0.2) is 78.1 Å². The highest BCUT2D eigenvalue weighted by molar-refractivity contribution is 5.95. The number of amidine groups is 1. The second kappa shape index (κ2) is 10.0. The van der Waals surface area contributed by atoms with Gasteiger partial charge in [0.15, 0.2) is 5.82 Å². The maximum absolute atomic E-state index is 12.9. The number of nitrogens with one attached hydrogen (secondary N) is 3. The highest BCUT2D eigenvalue weighted by Crippen LogP contribution is 2.30. The lowest BCUT2D eigenvalue weighted by Gasteiger charge is -2.20. The molecule has 4 rings (SSSR count). The number of methoxy groups -OCH3 is 2. The van der Waals surface area contributed by atoms with Gasteiger partial charge < -0.3 is 20.5 Å². The zero-order valence-electron chi connectivity index (χ0n) is 19.4. The van der Waals surface area contributed by atoms with Crippen LogP contribution in [0.2, 0.25) is 0 Å². The van der Waals surface area contributed by atoms with E-state index in [-0.39, 0.29) is 5.84 Å². The number of para-hydroxylation sites is 2. The van der Waals surface area contributed by atoms with Crippen LogP contribution in [0.5, 0.6) is 11.5 Å². The Kier molecular flexibility index (Phi) is 6.68. The summed E-state index contributed by atoms with van der Waals surface area (Å²) in [6.45, 7) is 3.88. The number of hydrogen-bond donors (Lipinski definition) is 4. The van der Waals surface area contributed by atoms with E-state index in [1.54, 1.807) is 44.6 Å². The third kappa shape index (κ3) is 4.79. The number of nitrogens with two attached hydrogens (primary N) is 1. The van der Waals surface area contributed by atoms with E-state index in [2.05, 4.69) is 22.0 Å². The van der Waals surface area contributed by atoms with Gasteiger partial charge in [0.25, 0.3) is 0 Å². The standard InChI is InChI=1S/C26H26N6O3/c1-4-16-15-18(11-14-21(16)34-2)23(29-19-12-9-17(10-13-19)24(27)28)25-30-26(33)32(31-25)20-7-5-6-8-22(20)35-3/h4-15,23,29H,1H2,2-3H3,(H3,27,28)(H,30,31,33). The number of benzene rings is 3. The van der Waals surface area contributed by atoms with Gasteiger partial charge in [0, 0.05) is 16.8 Å². The van der Waals surface area contributed by atoms with Crippen molar-refractivity contribution < 1.29 is 9.47 Å².